The Kier molecular flexibility index (Phi) is 6.29. The summed E-state index contributed by atoms with van der Waals surface area (Å²) < 4.78 is 31.8. The van der Waals surface area contributed by atoms with E-state index in [0.717, 1.165) is 19.3 Å². The molecule has 1 aromatic rings. The molecule has 0 bridgehead atoms. The Morgan fingerprint density at radius 2 is 2.00 bits per heavy atom. The van der Waals surface area contributed by atoms with Crippen LogP contribution in [0, 0.1) is 0 Å². The van der Waals surface area contributed by atoms with E-state index in [4.69, 9.17) is 4.74 Å². The Morgan fingerprint density at radius 3 is 2.53 bits per heavy atom. The highest BCUT2D eigenvalue weighted by molar-refractivity contribution is 9.10. The minimum Gasteiger partial charge on any atom is -0.496 e. The molecular weight excluding hydrogens is 330 g/mol. The van der Waals surface area contributed by atoms with Gasteiger partial charge in [-0.15, -0.1) is 0 Å². The number of hydrogen-bond donors (Lipinski definition) is 0. The molecule has 19 heavy (non-hydrogen) atoms. The maximum absolute atomic E-state index is 12.3. The van der Waals surface area contributed by atoms with Crippen molar-refractivity contribution >= 4 is 26.0 Å². The van der Waals surface area contributed by atoms with Gasteiger partial charge >= 0.3 is 0 Å². The lowest BCUT2D eigenvalue weighted by atomic mass is 10.2. The Hall–Kier alpha value is -0.590. The summed E-state index contributed by atoms with van der Waals surface area (Å²) in [4.78, 5) is 0.277. The molecule has 0 atom stereocenters. The fraction of sp³-hybridized carbons (Fsp3) is 0.538. The van der Waals surface area contributed by atoms with Gasteiger partial charge in [0.05, 0.1) is 16.5 Å². The number of halogens is 1. The first-order valence-corrected chi connectivity index (χ1v) is 8.46. The second-order valence-corrected chi connectivity index (χ2v) is 7.23. The summed E-state index contributed by atoms with van der Waals surface area (Å²) in [7, 11) is -0.258. The largest absolute Gasteiger partial charge is 0.496 e. The number of hydrogen-bond acceptors (Lipinski definition) is 3. The summed E-state index contributed by atoms with van der Waals surface area (Å²) in [5.74, 6) is 0.618. The van der Waals surface area contributed by atoms with E-state index < -0.39 is 10.0 Å². The van der Waals surface area contributed by atoms with E-state index in [9.17, 15) is 8.42 Å². The van der Waals surface area contributed by atoms with E-state index in [0.29, 0.717) is 16.8 Å². The van der Waals surface area contributed by atoms with Crippen molar-refractivity contribution in [2.75, 3.05) is 20.7 Å². The van der Waals surface area contributed by atoms with Crippen LogP contribution < -0.4 is 4.74 Å². The molecule has 1 rings (SSSR count). The molecule has 0 heterocycles. The van der Waals surface area contributed by atoms with E-state index in [1.165, 1.54) is 4.31 Å². The first-order valence-electron chi connectivity index (χ1n) is 6.23. The molecule has 6 heteroatoms. The molecule has 0 aromatic heterocycles. The van der Waals surface area contributed by atoms with Crippen molar-refractivity contribution in [2.45, 2.75) is 31.1 Å². The summed E-state index contributed by atoms with van der Waals surface area (Å²) >= 11 is 3.30. The quantitative estimate of drug-likeness (QED) is 0.709. The maximum atomic E-state index is 12.3. The van der Waals surface area contributed by atoms with Crippen molar-refractivity contribution in [1.29, 1.82) is 0 Å². The van der Waals surface area contributed by atoms with E-state index in [-0.39, 0.29) is 4.90 Å². The van der Waals surface area contributed by atoms with Gasteiger partial charge in [-0.3, -0.25) is 0 Å². The number of methoxy groups -OCH3 is 1. The summed E-state index contributed by atoms with van der Waals surface area (Å²) in [6.45, 7) is 2.63. The highest BCUT2D eigenvalue weighted by Gasteiger charge is 2.21. The van der Waals surface area contributed by atoms with Crippen LogP contribution in [0.5, 0.6) is 5.75 Å². The topological polar surface area (TPSA) is 46.6 Å². The number of unbranched alkanes of at least 4 members (excludes halogenated alkanes) is 2. The summed E-state index contributed by atoms with van der Waals surface area (Å²) in [6, 6.07) is 4.79. The molecule has 0 N–H and O–H groups in total. The van der Waals surface area contributed by atoms with Gasteiger partial charge in [0.25, 0.3) is 0 Å². The summed E-state index contributed by atoms with van der Waals surface area (Å²) in [6.07, 6.45) is 2.98. The number of benzene rings is 1. The summed E-state index contributed by atoms with van der Waals surface area (Å²) in [5.41, 5.74) is 0. The number of nitrogens with zero attached hydrogens (tertiary/aromatic N) is 1. The molecule has 0 radical (unpaired) electrons. The lowest BCUT2D eigenvalue weighted by Gasteiger charge is -2.17. The van der Waals surface area contributed by atoms with Crippen molar-refractivity contribution in [2.24, 2.45) is 0 Å². The van der Waals surface area contributed by atoms with Crippen LogP contribution in [-0.4, -0.2) is 33.4 Å². The van der Waals surface area contributed by atoms with Gasteiger partial charge in [-0.1, -0.05) is 19.8 Å². The predicted molar refractivity (Wildman–Crippen MR) is 80.0 cm³/mol. The maximum Gasteiger partial charge on any atom is 0.242 e. The fourth-order valence-corrected chi connectivity index (χ4v) is 3.62. The molecule has 108 valence electrons. The molecule has 0 spiro atoms. The van der Waals surface area contributed by atoms with E-state index in [1.54, 1.807) is 32.4 Å². The SMILES string of the molecule is CCCCCN(C)S(=O)(=O)c1ccc(OC)c(Br)c1. The van der Waals surface area contributed by atoms with E-state index in [1.807, 2.05) is 0 Å². The van der Waals surface area contributed by atoms with Gasteiger partial charge in [0.2, 0.25) is 10.0 Å². The van der Waals surface area contributed by atoms with Crippen molar-refractivity contribution < 1.29 is 13.2 Å². The molecule has 0 aliphatic rings. The second kappa shape index (κ2) is 7.26. The predicted octanol–water partition coefficient (Wildman–Crippen LogP) is 3.27. The molecule has 4 nitrogen and oxygen atoms in total. The number of rotatable bonds is 7. The smallest absolute Gasteiger partial charge is 0.242 e. The van der Waals surface area contributed by atoms with Gasteiger partial charge < -0.3 is 4.74 Å². The molecule has 0 aliphatic heterocycles. The molecule has 0 unspecified atom stereocenters. The van der Waals surface area contributed by atoms with E-state index in [2.05, 4.69) is 22.9 Å². The van der Waals surface area contributed by atoms with Crippen LogP contribution in [0.4, 0.5) is 0 Å². The Morgan fingerprint density at radius 1 is 1.32 bits per heavy atom. The zero-order valence-corrected chi connectivity index (χ0v) is 13.9. The van der Waals surface area contributed by atoms with Crippen molar-refractivity contribution in [3.05, 3.63) is 22.7 Å². The average Bonchev–Trinajstić information content (AvgIpc) is 2.38. The van der Waals surface area contributed by atoms with Gasteiger partial charge in [0.1, 0.15) is 5.75 Å². The standard InChI is InChI=1S/C13H20BrNO3S/c1-4-5-6-9-15(2)19(16,17)11-7-8-13(18-3)12(14)10-11/h7-8,10H,4-6,9H2,1-3H3. The normalized spacial score (nSPS) is 11.8. The number of ether oxygens (including phenoxy) is 1. The molecule has 0 saturated carbocycles. The van der Waals surface area contributed by atoms with Crippen LogP contribution in [0.3, 0.4) is 0 Å². The minimum atomic E-state index is -3.42. The Labute approximate surface area is 123 Å². The van der Waals surface area contributed by atoms with Gasteiger partial charge in [-0.05, 0) is 40.5 Å². The van der Waals surface area contributed by atoms with Gasteiger partial charge in [-0.2, -0.15) is 0 Å². The lowest BCUT2D eigenvalue weighted by Crippen LogP contribution is -2.28. The molecule has 0 amide bonds. The van der Waals surface area contributed by atoms with Crippen LogP contribution >= 0.6 is 15.9 Å². The molecule has 1 aromatic carbocycles. The van der Waals surface area contributed by atoms with Gasteiger partial charge in [-0.25, -0.2) is 12.7 Å². The molecule has 0 fully saturated rings. The van der Waals surface area contributed by atoms with Crippen LogP contribution in [0.15, 0.2) is 27.6 Å². The molecular formula is C13H20BrNO3S. The number of sulfonamides is 1. The van der Waals surface area contributed by atoms with Crippen LogP contribution in [-0.2, 0) is 10.0 Å². The molecule has 0 saturated heterocycles. The highest BCUT2D eigenvalue weighted by Crippen LogP contribution is 2.28. The zero-order chi connectivity index (χ0) is 14.5. The molecule has 0 aliphatic carbocycles. The highest BCUT2D eigenvalue weighted by atomic mass is 79.9. The Balaban J connectivity index is 2.90. The van der Waals surface area contributed by atoms with Crippen molar-refractivity contribution in [3.8, 4) is 5.75 Å². The van der Waals surface area contributed by atoms with Crippen LogP contribution in [0.1, 0.15) is 26.2 Å². The van der Waals surface area contributed by atoms with Gasteiger partial charge in [0.15, 0.2) is 0 Å². The average molecular weight is 350 g/mol. The zero-order valence-electron chi connectivity index (χ0n) is 11.5. The van der Waals surface area contributed by atoms with Gasteiger partial charge in [0, 0.05) is 13.6 Å². The Bertz CT molecular complexity index is 517. The second-order valence-electron chi connectivity index (χ2n) is 4.33. The third kappa shape index (κ3) is 4.19. The first-order chi connectivity index (χ1) is 8.93. The van der Waals surface area contributed by atoms with Crippen molar-refractivity contribution in [1.82, 2.24) is 4.31 Å². The summed E-state index contributed by atoms with van der Waals surface area (Å²) in [5, 5.41) is 0. The third-order valence-corrected chi connectivity index (χ3v) is 5.38. The minimum absolute atomic E-state index is 0.277. The van der Waals surface area contributed by atoms with Crippen molar-refractivity contribution in [3.63, 3.8) is 0 Å². The van der Waals surface area contributed by atoms with E-state index >= 15 is 0 Å². The van der Waals surface area contributed by atoms with Crippen LogP contribution in [0.2, 0.25) is 0 Å². The monoisotopic (exact) mass is 349 g/mol. The fourth-order valence-electron chi connectivity index (χ4n) is 1.69. The first kappa shape index (κ1) is 16.5. The lowest BCUT2D eigenvalue weighted by molar-refractivity contribution is 0.411. The third-order valence-electron chi connectivity index (χ3n) is 2.91. The van der Waals surface area contributed by atoms with Crippen LogP contribution in [0.25, 0.3) is 0 Å².